The lowest BCUT2D eigenvalue weighted by molar-refractivity contribution is 0.262. The maximum atomic E-state index is 13.1. The van der Waals surface area contributed by atoms with E-state index in [9.17, 15) is 9.18 Å². The molecule has 0 saturated carbocycles. The smallest absolute Gasteiger partial charge is 0.233 e. The number of rotatable bonds is 8. The molecule has 0 fully saturated rings. The molecule has 155 valence electrons. The highest BCUT2D eigenvalue weighted by molar-refractivity contribution is 6.30. The Morgan fingerprint density at radius 2 is 1.81 bits per heavy atom. The quantitative estimate of drug-likeness (QED) is 0.401. The van der Waals surface area contributed by atoms with Crippen molar-refractivity contribution in [1.29, 1.82) is 0 Å². The van der Waals surface area contributed by atoms with Gasteiger partial charge in [-0.05, 0) is 42.0 Å². The van der Waals surface area contributed by atoms with Crippen LogP contribution in [0.3, 0.4) is 0 Å². The first-order valence-electron chi connectivity index (χ1n) is 9.29. The molecule has 0 aliphatic heterocycles. The molecule has 1 radical (unpaired) electrons. The van der Waals surface area contributed by atoms with E-state index in [1.807, 2.05) is 12.4 Å². The summed E-state index contributed by atoms with van der Waals surface area (Å²) in [6.45, 7) is 0.436. The van der Waals surface area contributed by atoms with Crippen molar-refractivity contribution in [2.75, 3.05) is 0 Å². The number of aromatic nitrogens is 3. The normalized spacial score (nSPS) is 10.6. The predicted octanol–water partition coefficient (Wildman–Crippen LogP) is 4.68. The molecular formula is C23H16ClFN3O3. The van der Waals surface area contributed by atoms with E-state index in [1.165, 1.54) is 23.0 Å². The SMILES string of the molecule is O=[C]c1ccnc(-n2nccc2OCc2ccc(Cl)cc2OCc2ccc(F)cc2)c1. The number of pyridine rings is 1. The summed E-state index contributed by atoms with van der Waals surface area (Å²) >= 11 is 6.13. The summed E-state index contributed by atoms with van der Waals surface area (Å²) in [7, 11) is 0. The third-order valence-electron chi connectivity index (χ3n) is 4.40. The van der Waals surface area contributed by atoms with Gasteiger partial charge in [-0.3, -0.25) is 4.79 Å². The molecule has 2 heterocycles. The van der Waals surface area contributed by atoms with E-state index in [2.05, 4.69) is 10.1 Å². The van der Waals surface area contributed by atoms with Gasteiger partial charge in [0.25, 0.3) is 0 Å². The van der Waals surface area contributed by atoms with Crippen LogP contribution in [0.1, 0.15) is 16.7 Å². The highest BCUT2D eigenvalue weighted by Gasteiger charge is 2.11. The lowest BCUT2D eigenvalue weighted by Gasteiger charge is -2.14. The third kappa shape index (κ3) is 5.07. The van der Waals surface area contributed by atoms with Gasteiger partial charge in [-0.15, -0.1) is 0 Å². The molecule has 4 rings (SSSR count). The molecular weight excluding hydrogens is 421 g/mol. The summed E-state index contributed by atoms with van der Waals surface area (Å²) in [6, 6.07) is 16.1. The fraction of sp³-hybridized carbons (Fsp3) is 0.0870. The zero-order valence-corrected chi connectivity index (χ0v) is 16.9. The van der Waals surface area contributed by atoms with Crippen molar-refractivity contribution < 1.29 is 18.7 Å². The number of benzene rings is 2. The zero-order valence-electron chi connectivity index (χ0n) is 16.2. The van der Waals surface area contributed by atoms with Gasteiger partial charge < -0.3 is 9.47 Å². The van der Waals surface area contributed by atoms with Crippen LogP contribution in [-0.2, 0) is 18.0 Å². The lowest BCUT2D eigenvalue weighted by Crippen LogP contribution is -2.06. The second kappa shape index (κ2) is 9.40. The molecule has 31 heavy (non-hydrogen) atoms. The summed E-state index contributed by atoms with van der Waals surface area (Å²) < 4.78 is 26.4. The lowest BCUT2D eigenvalue weighted by atomic mass is 10.2. The Balaban J connectivity index is 1.50. The Morgan fingerprint density at radius 3 is 2.61 bits per heavy atom. The first kappa shape index (κ1) is 20.6. The molecule has 0 N–H and O–H groups in total. The second-order valence-electron chi connectivity index (χ2n) is 6.54. The molecule has 0 aliphatic carbocycles. The van der Waals surface area contributed by atoms with Crippen LogP contribution in [0.5, 0.6) is 11.6 Å². The van der Waals surface area contributed by atoms with Gasteiger partial charge in [0.1, 0.15) is 24.8 Å². The molecule has 6 nitrogen and oxygen atoms in total. The van der Waals surface area contributed by atoms with E-state index in [1.54, 1.807) is 48.7 Å². The molecule has 2 aromatic carbocycles. The van der Waals surface area contributed by atoms with E-state index >= 15 is 0 Å². The van der Waals surface area contributed by atoms with Crippen molar-refractivity contribution in [3.05, 3.63) is 101 Å². The average molecular weight is 437 g/mol. The summed E-state index contributed by atoms with van der Waals surface area (Å²) in [5, 5.41) is 4.73. The Labute approximate surface area is 182 Å². The standard InChI is InChI=1S/C23H16ClFN3O3/c24-19-4-3-18(21(12-19)30-14-16-1-5-20(25)6-2-16)15-31-23-8-10-27-28(23)22-11-17(13-29)7-9-26-22/h1-12H,14-15H2. The summed E-state index contributed by atoms with van der Waals surface area (Å²) in [6.07, 6.45) is 4.90. The fourth-order valence-electron chi connectivity index (χ4n) is 2.85. The van der Waals surface area contributed by atoms with Crippen LogP contribution in [0.25, 0.3) is 5.82 Å². The van der Waals surface area contributed by atoms with Gasteiger partial charge in [0.05, 0.1) is 6.20 Å². The van der Waals surface area contributed by atoms with Gasteiger partial charge in [-0.2, -0.15) is 9.78 Å². The number of halogens is 2. The van der Waals surface area contributed by atoms with E-state index in [4.69, 9.17) is 21.1 Å². The Bertz CT molecular complexity index is 1190. The van der Waals surface area contributed by atoms with E-state index in [-0.39, 0.29) is 19.0 Å². The number of hydrogen-bond acceptors (Lipinski definition) is 5. The zero-order chi connectivity index (χ0) is 21.6. The van der Waals surface area contributed by atoms with Crippen molar-refractivity contribution in [3.63, 3.8) is 0 Å². The van der Waals surface area contributed by atoms with Crippen molar-refractivity contribution in [2.24, 2.45) is 0 Å². The molecule has 0 saturated heterocycles. The second-order valence-corrected chi connectivity index (χ2v) is 6.98. The van der Waals surface area contributed by atoms with Crippen LogP contribution in [0.4, 0.5) is 4.39 Å². The number of ether oxygens (including phenoxy) is 2. The van der Waals surface area contributed by atoms with Crippen LogP contribution < -0.4 is 9.47 Å². The first-order chi connectivity index (χ1) is 15.1. The Kier molecular flexibility index (Phi) is 6.24. The van der Waals surface area contributed by atoms with Crippen molar-refractivity contribution in [1.82, 2.24) is 14.8 Å². The molecule has 0 amide bonds. The largest absolute Gasteiger partial charge is 0.488 e. The molecule has 4 aromatic rings. The minimum atomic E-state index is -0.303. The first-order valence-corrected chi connectivity index (χ1v) is 9.67. The molecule has 0 spiro atoms. The monoisotopic (exact) mass is 436 g/mol. The van der Waals surface area contributed by atoms with Crippen molar-refractivity contribution in [3.8, 4) is 17.4 Å². The summed E-state index contributed by atoms with van der Waals surface area (Å²) in [4.78, 5) is 15.1. The fourth-order valence-corrected chi connectivity index (χ4v) is 3.01. The van der Waals surface area contributed by atoms with Gasteiger partial charge in [0, 0.05) is 28.4 Å². The van der Waals surface area contributed by atoms with Crippen molar-refractivity contribution >= 4 is 17.9 Å². The predicted molar refractivity (Wildman–Crippen MR) is 113 cm³/mol. The number of nitrogens with zero attached hydrogens (tertiary/aromatic N) is 3. The molecule has 0 aliphatic rings. The minimum absolute atomic E-state index is 0.182. The highest BCUT2D eigenvalue weighted by atomic mass is 35.5. The van der Waals surface area contributed by atoms with E-state index in [0.717, 1.165) is 11.1 Å². The summed E-state index contributed by atoms with van der Waals surface area (Å²) in [5.74, 6) is 1.13. The van der Waals surface area contributed by atoms with Gasteiger partial charge in [0.15, 0.2) is 5.82 Å². The Hall–Kier alpha value is -3.71. The maximum Gasteiger partial charge on any atom is 0.233 e. The van der Waals surface area contributed by atoms with Gasteiger partial charge in [-0.1, -0.05) is 29.8 Å². The summed E-state index contributed by atoms with van der Waals surface area (Å²) in [5.41, 5.74) is 1.95. The van der Waals surface area contributed by atoms with Gasteiger partial charge >= 0.3 is 0 Å². The van der Waals surface area contributed by atoms with Crippen molar-refractivity contribution in [2.45, 2.75) is 13.2 Å². The molecule has 0 atom stereocenters. The Morgan fingerprint density at radius 1 is 0.968 bits per heavy atom. The van der Waals surface area contributed by atoms with Crippen LogP contribution >= 0.6 is 11.6 Å². The average Bonchev–Trinajstić information content (AvgIpc) is 3.27. The van der Waals surface area contributed by atoms with Crippen LogP contribution in [-0.4, -0.2) is 21.1 Å². The van der Waals surface area contributed by atoms with Crippen LogP contribution in [0, 0.1) is 5.82 Å². The molecule has 8 heteroatoms. The topological polar surface area (TPSA) is 66.2 Å². The van der Waals surface area contributed by atoms with Crippen LogP contribution in [0.15, 0.2) is 73.1 Å². The third-order valence-corrected chi connectivity index (χ3v) is 4.64. The minimum Gasteiger partial charge on any atom is -0.488 e. The molecule has 0 unspecified atom stereocenters. The molecule has 2 aromatic heterocycles. The number of hydrogen-bond donors (Lipinski definition) is 0. The number of carbonyl (C=O) groups excluding carboxylic acids is 1. The van der Waals surface area contributed by atoms with Gasteiger partial charge in [-0.25, -0.2) is 9.37 Å². The van der Waals surface area contributed by atoms with Gasteiger partial charge in [0.2, 0.25) is 12.2 Å². The van der Waals surface area contributed by atoms with E-state index in [0.29, 0.717) is 28.0 Å². The molecule has 0 bridgehead atoms. The highest BCUT2D eigenvalue weighted by Crippen LogP contribution is 2.26. The van der Waals surface area contributed by atoms with E-state index < -0.39 is 0 Å². The maximum absolute atomic E-state index is 13.1. The van der Waals surface area contributed by atoms with Crippen LogP contribution in [0.2, 0.25) is 5.02 Å².